The first kappa shape index (κ1) is 14.4. The summed E-state index contributed by atoms with van der Waals surface area (Å²) < 4.78 is 0. The average molecular weight is 294 g/mol. The third-order valence-corrected chi connectivity index (χ3v) is 3.75. The van der Waals surface area contributed by atoms with Gasteiger partial charge in [-0.25, -0.2) is 0 Å². The number of nitrogens with one attached hydrogen (secondary N) is 2. The molecule has 3 rings (SSSR count). The number of aliphatic hydroxyl groups excluding tert-OH is 1. The average Bonchev–Trinajstić information content (AvgIpc) is 2.96. The zero-order chi connectivity index (χ0) is 15.4. The number of carbonyl (C=O) groups is 1. The predicted molar refractivity (Wildman–Crippen MR) is 86.4 cm³/mol. The quantitative estimate of drug-likeness (QED) is 0.677. The fourth-order valence-corrected chi connectivity index (χ4v) is 2.62. The number of aromatic amines is 1. The molecule has 4 heteroatoms. The maximum absolute atomic E-state index is 12.3. The van der Waals surface area contributed by atoms with Gasteiger partial charge in [-0.15, -0.1) is 0 Å². The van der Waals surface area contributed by atoms with Crippen LogP contribution in [-0.4, -0.2) is 22.6 Å². The standard InChI is InChI=1S/C18H18N2O2/c21-12-17(13-6-2-1-3-7-13)20-18(22)10-14-11-19-16-9-5-4-8-15(14)16/h1-9,11,17,19,21H,10,12H2,(H,20,22). The number of aromatic nitrogens is 1. The number of hydrogen-bond acceptors (Lipinski definition) is 2. The number of hydrogen-bond donors (Lipinski definition) is 3. The van der Waals surface area contributed by atoms with Crippen molar-refractivity contribution in [1.29, 1.82) is 0 Å². The van der Waals surface area contributed by atoms with Gasteiger partial charge >= 0.3 is 0 Å². The van der Waals surface area contributed by atoms with Crippen molar-refractivity contribution in [1.82, 2.24) is 10.3 Å². The second-order valence-electron chi connectivity index (χ2n) is 5.25. The molecule has 0 aliphatic carbocycles. The monoisotopic (exact) mass is 294 g/mol. The van der Waals surface area contributed by atoms with Crippen molar-refractivity contribution in [2.45, 2.75) is 12.5 Å². The van der Waals surface area contributed by atoms with Crippen LogP contribution in [0.5, 0.6) is 0 Å². The summed E-state index contributed by atoms with van der Waals surface area (Å²) in [6, 6.07) is 17.0. The molecule has 0 fully saturated rings. The summed E-state index contributed by atoms with van der Waals surface area (Å²) in [4.78, 5) is 15.4. The van der Waals surface area contributed by atoms with E-state index in [1.54, 1.807) is 0 Å². The summed E-state index contributed by atoms with van der Waals surface area (Å²) in [5, 5.41) is 13.4. The van der Waals surface area contributed by atoms with Crippen molar-refractivity contribution < 1.29 is 9.90 Å². The lowest BCUT2D eigenvalue weighted by molar-refractivity contribution is -0.121. The van der Waals surface area contributed by atoms with E-state index in [9.17, 15) is 9.90 Å². The molecule has 0 saturated heterocycles. The van der Waals surface area contributed by atoms with E-state index in [4.69, 9.17) is 0 Å². The molecule has 3 N–H and O–H groups in total. The molecule has 0 bridgehead atoms. The van der Waals surface area contributed by atoms with E-state index in [0.717, 1.165) is 22.0 Å². The number of carbonyl (C=O) groups excluding carboxylic acids is 1. The summed E-state index contributed by atoms with van der Waals surface area (Å²) in [6.07, 6.45) is 2.15. The Morgan fingerprint density at radius 2 is 1.82 bits per heavy atom. The molecule has 3 aromatic rings. The molecule has 0 aliphatic heterocycles. The molecule has 0 saturated carbocycles. The van der Waals surface area contributed by atoms with Crippen LogP contribution < -0.4 is 5.32 Å². The molecule has 0 aliphatic rings. The largest absolute Gasteiger partial charge is 0.394 e. The van der Waals surface area contributed by atoms with Gasteiger partial charge in [0.15, 0.2) is 0 Å². The highest BCUT2D eigenvalue weighted by molar-refractivity contribution is 5.88. The Balaban J connectivity index is 1.72. The Bertz CT molecular complexity index is 765. The predicted octanol–water partition coefficient (Wildman–Crippen LogP) is 2.56. The number of fused-ring (bicyclic) bond motifs is 1. The van der Waals surface area contributed by atoms with Gasteiger partial charge in [0.2, 0.25) is 5.91 Å². The van der Waals surface area contributed by atoms with Crippen molar-refractivity contribution in [2.75, 3.05) is 6.61 Å². The Labute approximate surface area is 128 Å². The minimum atomic E-state index is -0.376. The number of amides is 1. The van der Waals surface area contributed by atoms with Gasteiger partial charge in [-0.05, 0) is 17.2 Å². The summed E-state index contributed by atoms with van der Waals surface area (Å²) in [7, 11) is 0. The summed E-state index contributed by atoms with van der Waals surface area (Å²) in [5.74, 6) is -0.104. The molecule has 0 radical (unpaired) electrons. The van der Waals surface area contributed by atoms with E-state index in [1.807, 2.05) is 60.8 Å². The molecule has 1 heterocycles. The third kappa shape index (κ3) is 3.02. The molecule has 4 nitrogen and oxygen atoms in total. The van der Waals surface area contributed by atoms with E-state index in [1.165, 1.54) is 0 Å². The highest BCUT2D eigenvalue weighted by atomic mass is 16.3. The lowest BCUT2D eigenvalue weighted by atomic mass is 10.1. The van der Waals surface area contributed by atoms with Gasteiger partial charge in [0.25, 0.3) is 0 Å². The highest BCUT2D eigenvalue weighted by Crippen LogP contribution is 2.18. The van der Waals surface area contributed by atoms with Gasteiger partial charge in [0.1, 0.15) is 0 Å². The van der Waals surface area contributed by atoms with Crippen LogP contribution in [0.4, 0.5) is 0 Å². The lowest BCUT2D eigenvalue weighted by Crippen LogP contribution is -2.31. The maximum atomic E-state index is 12.3. The summed E-state index contributed by atoms with van der Waals surface area (Å²) >= 11 is 0. The number of benzene rings is 2. The van der Waals surface area contributed by atoms with E-state index in [2.05, 4.69) is 10.3 Å². The first-order chi connectivity index (χ1) is 10.8. The molecule has 1 aromatic heterocycles. The Hall–Kier alpha value is -2.59. The van der Waals surface area contributed by atoms with E-state index >= 15 is 0 Å². The van der Waals surface area contributed by atoms with Crippen LogP contribution in [0.1, 0.15) is 17.2 Å². The Morgan fingerprint density at radius 1 is 1.09 bits per heavy atom. The van der Waals surface area contributed by atoms with Gasteiger partial charge in [0, 0.05) is 17.1 Å². The number of aliphatic hydroxyl groups is 1. The van der Waals surface area contributed by atoms with E-state index < -0.39 is 0 Å². The summed E-state index contributed by atoms with van der Waals surface area (Å²) in [6.45, 7) is -0.121. The van der Waals surface area contributed by atoms with Crippen LogP contribution >= 0.6 is 0 Å². The van der Waals surface area contributed by atoms with Gasteiger partial charge in [-0.1, -0.05) is 48.5 Å². The van der Waals surface area contributed by atoms with Gasteiger partial charge in [-0.2, -0.15) is 0 Å². The topological polar surface area (TPSA) is 65.1 Å². The molecule has 2 aromatic carbocycles. The van der Waals surface area contributed by atoms with Crippen LogP contribution in [-0.2, 0) is 11.2 Å². The first-order valence-corrected chi connectivity index (χ1v) is 7.28. The van der Waals surface area contributed by atoms with Crippen LogP contribution in [0.2, 0.25) is 0 Å². The van der Waals surface area contributed by atoms with Crippen LogP contribution in [0.15, 0.2) is 60.8 Å². The van der Waals surface area contributed by atoms with Crippen molar-refractivity contribution >= 4 is 16.8 Å². The second kappa shape index (κ2) is 6.45. The van der Waals surface area contributed by atoms with Crippen LogP contribution in [0.25, 0.3) is 10.9 Å². The smallest absolute Gasteiger partial charge is 0.225 e. The minimum Gasteiger partial charge on any atom is -0.394 e. The number of H-pyrrole nitrogens is 1. The SMILES string of the molecule is O=C(Cc1c[nH]c2ccccc12)NC(CO)c1ccccc1. The summed E-state index contributed by atoms with van der Waals surface area (Å²) in [5.41, 5.74) is 2.88. The molecule has 1 unspecified atom stereocenters. The lowest BCUT2D eigenvalue weighted by Gasteiger charge is -2.16. The zero-order valence-corrected chi connectivity index (χ0v) is 12.1. The number of para-hydroxylation sites is 1. The van der Waals surface area contributed by atoms with Crippen molar-refractivity contribution in [2.24, 2.45) is 0 Å². The van der Waals surface area contributed by atoms with Crippen molar-refractivity contribution in [3.8, 4) is 0 Å². The molecule has 22 heavy (non-hydrogen) atoms. The van der Waals surface area contributed by atoms with Gasteiger partial charge in [0.05, 0.1) is 19.1 Å². The van der Waals surface area contributed by atoms with Crippen LogP contribution in [0, 0.1) is 0 Å². The molecule has 112 valence electrons. The molecule has 1 atom stereocenters. The van der Waals surface area contributed by atoms with E-state index in [0.29, 0.717) is 0 Å². The maximum Gasteiger partial charge on any atom is 0.225 e. The second-order valence-corrected chi connectivity index (χ2v) is 5.25. The van der Waals surface area contributed by atoms with Gasteiger partial charge in [-0.3, -0.25) is 4.79 Å². The number of rotatable bonds is 5. The Morgan fingerprint density at radius 3 is 2.59 bits per heavy atom. The molecular weight excluding hydrogens is 276 g/mol. The minimum absolute atomic E-state index is 0.104. The molecular formula is C18H18N2O2. The zero-order valence-electron chi connectivity index (χ0n) is 12.1. The van der Waals surface area contributed by atoms with E-state index in [-0.39, 0.29) is 25.0 Å². The van der Waals surface area contributed by atoms with Crippen molar-refractivity contribution in [3.05, 3.63) is 71.9 Å². The molecule has 1 amide bonds. The fourth-order valence-electron chi connectivity index (χ4n) is 2.62. The first-order valence-electron chi connectivity index (χ1n) is 7.28. The third-order valence-electron chi connectivity index (χ3n) is 3.75. The Kier molecular flexibility index (Phi) is 4.21. The fraction of sp³-hybridized carbons (Fsp3) is 0.167. The molecule has 0 spiro atoms. The van der Waals surface area contributed by atoms with Crippen molar-refractivity contribution in [3.63, 3.8) is 0 Å². The van der Waals surface area contributed by atoms with Crippen LogP contribution in [0.3, 0.4) is 0 Å². The van der Waals surface area contributed by atoms with Gasteiger partial charge < -0.3 is 15.4 Å². The highest BCUT2D eigenvalue weighted by Gasteiger charge is 2.15. The normalized spacial score (nSPS) is 12.2.